The number of halogens is 1. The Hall–Kier alpha value is -1.43. The summed E-state index contributed by atoms with van der Waals surface area (Å²) in [6.07, 6.45) is 0. The fraction of sp³-hybridized carbons (Fsp3) is 0.529. The molecule has 2 aromatic rings. The van der Waals surface area contributed by atoms with Gasteiger partial charge in [-0.25, -0.2) is 0 Å². The quantitative estimate of drug-likeness (QED) is 0.852. The van der Waals surface area contributed by atoms with Crippen molar-refractivity contribution >= 4 is 11.6 Å². The van der Waals surface area contributed by atoms with Gasteiger partial charge in [0.1, 0.15) is 6.04 Å². The molecule has 1 aromatic carbocycles. The van der Waals surface area contributed by atoms with Crippen molar-refractivity contribution in [3.05, 3.63) is 46.1 Å². The molecule has 1 aliphatic rings. The molecular weight excluding hydrogens is 314 g/mol. The number of morpholine rings is 1. The third kappa shape index (κ3) is 3.74. The monoisotopic (exact) mass is 335 g/mol. The van der Waals surface area contributed by atoms with E-state index in [1.807, 2.05) is 26.8 Å². The molecule has 5 nitrogen and oxygen atoms in total. The van der Waals surface area contributed by atoms with E-state index in [-0.39, 0.29) is 12.0 Å². The van der Waals surface area contributed by atoms with Crippen molar-refractivity contribution in [3.8, 4) is 0 Å². The highest BCUT2D eigenvalue weighted by atomic mass is 35.5. The molecule has 1 aromatic heterocycles. The first kappa shape index (κ1) is 16.4. The number of ether oxygens (including phenoxy) is 1. The maximum absolute atomic E-state index is 6.38. The molecule has 0 amide bonds. The maximum atomic E-state index is 6.38. The predicted octanol–water partition coefficient (Wildman–Crippen LogP) is 3.73. The summed E-state index contributed by atoms with van der Waals surface area (Å²) in [7, 11) is 0. The maximum Gasteiger partial charge on any atom is 0.236 e. The van der Waals surface area contributed by atoms with Gasteiger partial charge in [0.15, 0.2) is 0 Å². The molecule has 0 radical (unpaired) electrons. The molecule has 0 aliphatic carbocycles. The minimum absolute atomic E-state index is 0.0267. The van der Waals surface area contributed by atoms with Crippen LogP contribution in [0.5, 0.6) is 0 Å². The summed E-state index contributed by atoms with van der Waals surface area (Å²) in [4.78, 5) is 2.29. The van der Waals surface area contributed by atoms with Crippen molar-refractivity contribution in [1.29, 1.82) is 0 Å². The zero-order valence-corrected chi connectivity index (χ0v) is 14.5. The van der Waals surface area contributed by atoms with E-state index in [4.69, 9.17) is 20.8 Å². The number of aryl methyl sites for hydroxylation is 1. The van der Waals surface area contributed by atoms with E-state index in [0.29, 0.717) is 25.0 Å². The predicted molar refractivity (Wildman–Crippen MR) is 88.5 cm³/mol. The van der Waals surface area contributed by atoms with Crippen molar-refractivity contribution in [2.24, 2.45) is 0 Å². The van der Waals surface area contributed by atoms with Crippen LogP contribution in [0.25, 0.3) is 0 Å². The van der Waals surface area contributed by atoms with Gasteiger partial charge in [-0.15, -0.1) is 10.2 Å². The summed E-state index contributed by atoms with van der Waals surface area (Å²) >= 11 is 6.38. The molecule has 0 saturated carbocycles. The van der Waals surface area contributed by atoms with Crippen molar-refractivity contribution in [2.45, 2.75) is 39.3 Å². The summed E-state index contributed by atoms with van der Waals surface area (Å²) in [5.41, 5.74) is 2.27. The van der Waals surface area contributed by atoms with Crippen LogP contribution in [0.3, 0.4) is 0 Å². The van der Waals surface area contributed by atoms with Crippen LogP contribution in [0.1, 0.15) is 48.7 Å². The average Bonchev–Trinajstić information content (AvgIpc) is 3.00. The zero-order valence-electron chi connectivity index (χ0n) is 13.8. The number of rotatable bonds is 4. The lowest BCUT2D eigenvalue weighted by molar-refractivity contribution is -0.0227. The normalized spacial score (nSPS) is 19.4. The van der Waals surface area contributed by atoms with E-state index in [1.165, 1.54) is 0 Å². The first-order valence-corrected chi connectivity index (χ1v) is 8.32. The molecule has 23 heavy (non-hydrogen) atoms. The molecule has 124 valence electrons. The molecule has 1 atom stereocenters. The summed E-state index contributed by atoms with van der Waals surface area (Å²) in [6, 6.07) is 6.13. The SMILES string of the molecule is Cc1ccc(CN2CCOCC2c2nnc(C(C)C)o2)c(Cl)c1. The Labute approximate surface area is 141 Å². The summed E-state index contributed by atoms with van der Waals surface area (Å²) in [6.45, 7) is 8.94. The van der Waals surface area contributed by atoms with Crippen LogP contribution in [0, 0.1) is 6.92 Å². The van der Waals surface area contributed by atoms with Crippen LogP contribution in [0.2, 0.25) is 5.02 Å². The highest BCUT2D eigenvalue weighted by Gasteiger charge is 2.30. The minimum atomic E-state index is -0.0267. The second kappa shape index (κ2) is 6.99. The van der Waals surface area contributed by atoms with Crippen LogP contribution in [0.15, 0.2) is 22.6 Å². The van der Waals surface area contributed by atoms with Gasteiger partial charge >= 0.3 is 0 Å². The third-order valence-corrected chi connectivity index (χ3v) is 4.41. The molecule has 1 saturated heterocycles. The first-order chi connectivity index (χ1) is 11.0. The van der Waals surface area contributed by atoms with Crippen molar-refractivity contribution in [3.63, 3.8) is 0 Å². The Morgan fingerprint density at radius 2 is 2.17 bits per heavy atom. The number of nitrogens with zero attached hydrogens (tertiary/aromatic N) is 3. The van der Waals surface area contributed by atoms with Crippen molar-refractivity contribution < 1.29 is 9.15 Å². The number of hydrogen-bond acceptors (Lipinski definition) is 5. The zero-order chi connectivity index (χ0) is 16.4. The van der Waals surface area contributed by atoms with E-state index in [2.05, 4.69) is 27.2 Å². The summed E-state index contributed by atoms with van der Waals surface area (Å²) in [5.74, 6) is 1.51. The van der Waals surface area contributed by atoms with Gasteiger partial charge in [0, 0.05) is 24.0 Å². The van der Waals surface area contributed by atoms with Crippen LogP contribution < -0.4 is 0 Å². The molecular formula is C17H22ClN3O2. The van der Waals surface area contributed by atoms with Gasteiger partial charge in [0.2, 0.25) is 11.8 Å². The Balaban J connectivity index is 1.80. The van der Waals surface area contributed by atoms with Gasteiger partial charge in [-0.2, -0.15) is 0 Å². The average molecular weight is 336 g/mol. The Bertz CT molecular complexity index is 672. The van der Waals surface area contributed by atoms with Crippen LogP contribution >= 0.6 is 11.6 Å². The van der Waals surface area contributed by atoms with Crippen LogP contribution in [0.4, 0.5) is 0 Å². The molecule has 0 N–H and O–H groups in total. The van der Waals surface area contributed by atoms with Gasteiger partial charge in [-0.1, -0.05) is 37.6 Å². The second-order valence-electron chi connectivity index (χ2n) is 6.29. The Morgan fingerprint density at radius 3 is 2.87 bits per heavy atom. The fourth-order valence-corrected chi connectivity index (χ4v) is 2.96. The molecule has 6 heteroatoms. The highest BCUT2D eigenvalue weighted by molar-refractivity contribution is 6.31. The van der Waals surface area contributed by atoms with E-state index in [9.17, 15) is 0 Å². The van der Waals surface area contributed by atoms with Gasteiger partial charge in [-0.05, 0) is 24.1 Å². The lowest BCUT2D eigenvalue weighted by atomic mass is 10.1. The Morgan fingerprint density at radius 1 is 1.35 bits per heavy atom. The molecule has 0 bridgehead atoms. The van der Waals surface area contributed by atoms with Gasteiger partial charge in [0.05, 0.1) is 13.2 Å². The first-order valence-electron chi connectivity index (χ1n) is 7.94. The van der Waals surface area contributed by atoms with Gasteiger partial charge in [-0.3, -0.25) is 4.90 Å². The molecule has 3 rings (SSSR count). The molecule has 1 unspecified atom stereocenters. The topological polar surface area (TPSA) is 51.4 Å². The third-order valence-electron chi connectivity index (χ3n) is 4.06. The minimum Gasteiger partial charge on any atom is -0.423 e. The van der Waals surface area contributed by atoms with E-state index >= 15 is 0 Å². The lowest BCUT2D eigenvalue weighted by Crippen LogP contribution is -2.39. The van der Waals surface area contributed by atoms with E-state index in [0.717, 1.165) is 29.2 Å². The lowest BCUT2D eigenvalue weighted by Gasteiger charge is -2.33. The van der Waals surface area contributed by atoms with E-state index < -0.39 is 0 Å². The van der Waals surface area contributed by atoms with Gasteiger partial charge < -0.3 is 9.15 Å². The molecule has 1 aliphatic heterocycles. The standard InChI is InChI=1S/C17H22ClN3O2/c1-11(2)16-19-20-17(23-16)15-10-22-7-6-21(15)9-13-5-4-12(3)8-14(13)18/h4-5,8,11,15H,6-7,9-10H2,1-3H3. The van der Waals surface area contributed by atoms with Crippen LogP contribution in [-0.2, 0) is 11.3 Å². The summed E-state index contributed by atoms with van der Waals surface area (Å²) in [5, 5.41) is 9.15. The molecule has 0 spiro atoms. The van der Waals surface area contributed by atoms with Crippen molar-refractivity contribution in [2.75, 3.05) is 19.8 Å². The number of benzene rings is 1. The second-order valence-corrected chi connectivity index (χ2v) is 6.70. The molecule has 2 heterocycles. The van der Waals surface area contributed by atoms with Crippen LogP contribution in [-0.4, -0.2) is 34.9 Å². The highest BCUT2D eigenvalue weighted by Crippen LogP contribution is 2.28. The summed E-state index contributed by atoms with van der Waals surface area (Å²) < 4.78 is 11.4. The largest absolute Gasteiger partial charge is 0.423 e. The Kier molecular flexibility index (Phi) is 4.99. The number of hydrogen-bond donors (Lipinski definition) is 0. The van der Waals surface area contributed by atoms with Crippen molar-refractivity contribution in [1.82, 2.24) is 15.1 Å². The fourth-order valence-electron chi connectivity index (χ4n) is 2.67. The number of aromatic nitrogens is 2. The van der Waals surface area contributed by atoms with E-state index in [1.54, 1.807) is 0 Å². The van der Waals surface area contributed by atoms with Gasteiger partial charge in [0.25, 0.3) is 0 Å². The smallest absolute Gasteiger partial charge is 0.236 e. The molecule has 1 fully saturated rings.